The van der Waals surface area contributed by atoms with Crippen LogP contribution >= 0.6 is 0 Å². The predicted octanol–water partition coefficient (Wildman–Crippen LogP) is 1.69. The Morgan fingerprint density at radius 1 is 1.17 bits per heavy atom. The Labute approximate surface area is 144 Å². The normalized spacial score (nSPS) is 25.0. The van der Waals surface area contributed by atoms with E-state index in [1.54, 1.807) is 0 Å². The van der Waals surface area contributed by atoms with Crippen LogP contribution in [0.25, 0.3) is 0 Å². The van der Waals surface area contributed by atoms with Crippen molar-refractivity contribution >= 4 is 5.91 Å². The van der Waals surface area contributed by atoms with E-state index in [2.05, 4.69) is 4.90 Å². The van der Waals surface area contributed by atoms with Gasteiger partial charge in [-0.1, -0.05) is 12.1 Å². The lowest BCUT2D eigenvalue weighted by molar-refractivity contribution is -0.132. The SMILES string of the molecule is CCOc1ccc(CC(=O)N2CCN([C@H]3CCC[C@@H]3O)CC2)cc1. The highest BCUT2D eigenvalue weighted by molar-refractivity contribution is 5.79. The quantitative estimate of drug-likeness (QED) is 0.891. The molecule has 1 N–H and O–H groups in total. The van der Waals surface area contributed by atoms with Crippen molar-refractivity contribution in [2.24, 2.45) is 0 Å². The van der Waals surface area contributed by atoms with Gasteiger partial charge in [0.05, 0.1) is 19.1 Å². The standard InChI is InChI=1S/C19H28N2O3/c1-2-24-16-8-6-15(7-9-16)14-19(23)21-12-10-20(11-13-21)17-4-3-5-18(17)22/h6-9,17-18,22H,2-5,10-14H2,1H3/t17-,18-/m0/s1. The van der Waals surface area contributed by atoms with Gasteiger partial charge in [-0.05, 0) is 43.9 Å². The maximum atomic E-state index is 12.5. The van der Waals surface area contributed by atoms with Crippen molar-refractivity contribution in [1.29, 1.82) is 0 Å². The van der Waals surface area contributed by atoms with Gasteiger partial charge >= 0.3 is 0 Å². The van der Waals surface area contributed by atoms with Crippen LogP contribution in [0.15, 0.2) is 24.3 Å². The lowest BCUT2D eigenvalue weighted by Gasteiger charge is -2.39. The van der Waals surface area contributed by atoms with E-state index in [9.17, 15) is 9.90 Å². The highest BCUT2D eigenvalue weighted by Gasteiger charge is 2.33. The molecule has 0 radical (unpaired) electrons. The van der Waals surface area contributed by atoms with Crippen LogP contribution in [0.5, 0.6) is 5.75 Å². The second kappa shape index (κ2) is 7.99. The molecule has 0 aromatic heterocycles. The van der Waals surface area contributed by atoms with Crippen molar-refractivity contribution in [1.82, 2.24) is 9.80 Å². The third-order valence-electron chi connectivity index (χ3n) is 5.17. The summed E-state index contributed by atoms with van der Waals surface area (Å²) in [4.78, 5) is 16.8. The monoisotopic (exact) mass is 332 g/mol. The highest BCUT2D eigenvalue weighted by atomic mass is 16.5. The molecule has 2 fully saturated rings. The summed E-state index contributed by atoms with van der Waals surface area (Å²) in [6, 6.07) is 8.08. The number of rotatable bonds is 5. The smallest absolute Gasteiger partial charge is 0.227 e. The van der Waals surface area contributed by atoms with E-state index in [1.807, 2.05) is 36.1 Å². The number of amides is 1. The molecule has 132 valence electrons. The van der Waals surface area contributed by atoms with Crippen LogP contribution in [0, 0.1) is 0 Å². The topological polar surface area (TPSA) is 53.0 Å². The Balaban J connectivity index is 1.48. The molecule has 1 amide bonds. The molecule has 3 rings (SSSR count). The molecule has 24 heavy (non-hydrogen) atoms. The summed E-state index contributed by atoms with van der Waals surface area (Å²) >= 11 is 0. The molecule has 0 bridgehead atoms. The molecule has 1 saturated carbocycles. The first-order chi connectivity index (χ1) is 11.7. The average Bonchev–Trinajstić information content (AvgIpc) is 3.03. The van der Waals surface area contributed by atoms with Crippen LogP contribution in [-0.2, 0) is 11.2 Å². The van der Waals surface area contributed by atoms with E-state index in [0.717, 1.165) is 56.8 Å². The third kappa shape index (κ3) is 4.08. The molecular weight excluding hydrogens is 304 g/mol. The maximum absolute atomic E-state index is 12.5. The van der Waals surface area contributed by atoms with Crippen molar-refractivity contribution in [3.05, 3.63) is 29.8 Å². The van der Waals surface area contributed by atoms with Crippen LogP contribution in [0.4, 0.5) is 0 Å². The zero-order chi connectivity index (χ0) is 16.9. The molecule has 1 saturated heterocycles. The Bertz CT molecular complexity index is 538. The number of aliphatic hydroxyl groups is 1. The first kappa shape index (κ1) is 17.2. The van der Waals surface area contributed by atoms with Gasteiger partial charge in [-0.15, -0.1) is 0 Å². The Morgan fingerprint density at radius 3 is 2.46 bits per heavy atom. The molecule has 2 aliphatic rings. The molecular formula is C19H28N2O3. The van der Waals surface area contributed by atoms with Crippen molar-refractivity contribution in [2.45, 2.75) is 44.8 Å². The fourth-order valence-electron chi connectivity index (χ4n) is 3.81. The number of carbonyl (C=O) groups excluding carboxylic acids is 1. The van der Waals surface area contributed by atoms with Crippen LogP contribution in [0.1, 0.15) is 31.7 Å². The number of ether oxygens (including phenoxy) is 1. The third-order valence-corrected chi connectivity index (χ3v) is 5.17. The van der Waals surface area contributed by atoms with Gasteiger partial charge in [0.1, 0.15) is 5.75 Å². The fourth-order valence-corrected chi connectivity index (χ4v) is 3.81. The number of piperazine rings is 1. The number of benzene rings is 1. The Hall–Kier alpha value is -1.59. The second-order valence-corrected chi connectivity index (χ2v) is 6.74. The minimum atomic E-state index is -0.184. The summed E-state index contributed by atoms with van der Waals surface area (Å²) in [7, 11) is 0. The Morgan fingerprint density at radius 2 is 1.88 bits per heavy atom. The van der Waals surface area contributed by atoms with Crippen molar-refractivity contribution in [2.75, 3.05) is 32.8 Å². The van der Waals surface area contributed by atoms with Gasteiger partial charge in [0, 0.05) is 32.2 Å². The van der Waals surface area contributed by atoms with E-state index >= 15 is 0 Å². The first-order valence-electron chi connectivity index (χ1n) is 9.09. The van der Waals surface area contributed by atoms with E-state index in [4.69, 9.17) is 4.74 Å². The first-order valence-corrected chi connectivity index (χ1v) is 9.09. The highest BCUT2D eigenvalue weighted by Crippen LogP contribution is 2.25. The molecule has 1 aliphatic heterocycles. The number of hydrogen-bond donors (Lipinski definition) is 1. The number of carbonyl (C=O) groups is 1. The summed E-state index contributed by atoms with van der Waals surface area (Å²) in [5.41, 5.74) is 1.03. The van der Waals surface area contributed by atoms with Crippen molar-refractivity contribution in [3.63, 3.8) is 0 Å². The van der Waals surface area contributed by atoms with Gasteiger partial charge in [0.2, 0.25) is 5.91 Å². The number of aliphatic hydroxyl groups excluding tert-OH is 1. The minimum Gasteiger partial charge on any atom is -0.494 e. The van der Waals surface area contributed by atoms with Crippen LogP contribution in [0.2, 0.25) is 0 Å². The summed E-state index contributed by atoms with van der Waals surface area (Å²) in [6.45, 7) is 5.88. The molecule has 1 aromatic carbocycles. The van der Waals surface area contributed by atoms with Gasteiger partial charge < -0.3 is 14.7 Å². The Kier molecular flexibility index (Phi) is 5.74. The van der Waals surface area contributed by atoms with Gasteiger partial charge in [-0.25, -0.2) is 0 Å². The van der Waals surface area contributed by atoms with E-state index in [0.29, 0.717) is 19.1 Å². The molecule has 1 aliphatic carbocycles. The molecule has 5 heteroatoms. The zero-order valence-electron chi connectivity index (χ0n) is 14.5. The van der Waals surface area contributed by atoms with Gasteiger partial charge in [0.25, 0.3) is 0 Å². The molecule has 1 aromatic rings. The molecule has 1 heterocycles. The molecule has 5 nitrogen and oxygen atoms in total. The van der Waals surface area contributed by atoms with E-state index in [1.165, 1.54) is 0 Å². The van der Waals surface area contributed by atoms with Gasteiger partial charge in [-0.2, -0.15) is 0 Å². The summed E-state index contributed by atoms with van der Waals surface area (Å²) in [5.74, 6) is 1.03. The minimum absolute atomic E-state index is 0.184. The molecule has 0 unspecified atom stereocenters. The van der Waals surface area contributed by atoms with E-state index in [-0.39, 0.29) is 12.0 Å². The van der Waals surface area contributed by atoms with Gasteiger partial charge in [0.15, 0.2) is 0 Å². The van der Waals surface area contributed by atoms with Crippen LogP contribution in [-0.4, -0.2) is 65.7 Å². The van der Waals surface area contributed by atoms with E-state index < -0.39 is 0 Å². The maximum Gasteiger partial charge on any atom is 0.227 e. The predicted molar refractivity (Wildman–Crippen MR) is 93.1 cm³/mol. The van der Waals surface area contributed by atoms with Crippen molar-refractivity contribution in [3.8, 4) is 5.75 Å². The van der Waals surface area contributed by atoms with Crippen LogP contribution < -0.4 is 4.74 Å². The molecule has 2 atom stereocenters. The summed E-state index contributed by atoms with van der Waals surface area (Å²) < 4.78 is 5.43. The molecule has 0 spiro atoms. The van der Waals surface area contributed by atoms with Crippen molar-refractivity contribution < 1.29 is 14.6 Å². The number of hydrogen-bond acceptors (Lipinski definition) is 4. The second-order valence-electron chi connectivity index (χ2n) is 6.74. The number of nitrogens with zero attached hydrogens (tertiary/aromatic N) is 2. The largest absolute Gasteiger partial charge is 0.494 e. The lowest BCUT2D eigenvalue weighted by Crippen LogP contribution is -2.53. The van der Waals surface area contributed by atoms with Gasteiger partial charge in [-0.3, -0.25) is 9.69 Å². The van der Waals surface area contributed by atoms with Crippen LogP contribution in [0.3, 0.4) is 0 Å². The summed E-state index contributed by atoms with van der Waals surface area (Å²) in [5, 5.41) is 10.0. The fraction of sp³-hybridized carbons (Fsp3) is 0.632. The lowest BCUT2D eigenvalue weighted by atomic mass is 10.1. The zero-order valence-corrected chi connectivity index (χ0v) is 14.5. The average molecular weight is 332 g/mol. The summed E-state index contributed by atoms with van der Waals surface area (Å²) in [6.07, 6.45) is 3.38.